The molecule has 0 bridgehead atoms. The van der Waals surface area contributed by atoms with Crippen molar-refractivity contribution >= 4 is 23.4 Å². The number of hydrogen-bond donors (Lipinski definition) is 1. The first-order chi connectivity index (χ1) is 16.5. The van der Waals surface area contributed by atoms with Crippen molar-refractivity contribution in [2.24, 2.45) is 0 Å². The number of halogens is 1. The number of methoxy groups -OCH3 is 1. The SMILES string of the molecule is COc1ccc(OCc2nnc(SCC(=O)Nc3ccc(C)c(F)c3)n2-c2ccccc2)cc1. The third kappa shape index (κ3) is 5.74. The molecule has 1 amide bonds. The Hall–Kier alpha value is -3.85. The summed E-state index contributed by atoms with van der Waals surface area (Å²) in [6.07, 6.45) is 0. The van der Waals surface area contributed by atoms with Crippen LogP contribution in [-0.2, 0) is 11.4 Å². The van der Waals surface area contributed by atoms with Crippen molar-refractivity contribution in [3.63, 3.8) is 0 Å². The van der Waals surface area contributed by atoms with Crippen molar-refractivity contribution in [1.29, 1.82) is 0 Å². The van der Waals surface area contributed by atoms with Crippen LogP contribution in [0.15, 0.2) is 78.0 Å². The maximum absolute atomic E-state index is 13.8. The van der Waals surface area contributed by atoms with E-state index in [1.807, 2.05) is 59.2 Å². The highest BCUT2D eigenvalue weighted by atomic mass is 32.2. The van der Waals surface area contributed by atoms with Crippen LogP contribution >= 0.6 is 11.8 Å². The minimum absolute atomic E-state index is 0.0831. The second-order valence-corrected chi connectivity index (χ2v) is 8.28. The van der Waals surface area contributed by atoms with Gasteiger partial charge in [-0.2, -0.15) is 0 Å². The zero-order chi connectivity index (χ0) is 23.9. The van der Waals surface area contributed by atoms with Gasteiger partial charge in [0.05, 0.1) is 12.9 Å². The molecule has 0 unspecified atom stereocenters. The molecule has 0 spiro atoms. The lowest BCUT2D eigenvalue weighted by Gasteiger charge is -2.11. The van der Waals surface area contributed by atoms with Gasteiger partial charge in [-0.1, -0.05) is 36.0 Å². The summed E-state index contributed by atoms with van der Waals surface area (Å²) in [6, 6.07) is 21.5. The molecule has 7 nitrogen and oxygen atoms in total. The van der Waals surface area contributed by atoms with Crippen molar-refractivity contribution < 1.29 is 18.7 Å². The molecule has 34 heavy (non-hydrogen) atoms. The Morgan fingerprint density at radius 2 is 1.76 bits per heavy atom. The number of benzene rings is 3. The van der Waals surface area contributed by atoms with Gasteiger partial charge in [-0.3, -0.25) is 9.36 Å². The molecule has 3 aromatic carbocycles. The van der Waals surface area contributed by atoms with Crippen LogP contribution in [0.5, 0.6) is 11.5 Å². The summed E-state index contributed by atoms with van der Waals surface area (Å²) in [5, 5.41) is 11.8. The molecule has 0 fully saturated rings. The summed E-state index contributed by atoms with van der Waals surface area (Å²) < 4.78 is 26.7. The maximum Gasteiger partial charge on any atom is 0.234 e. The van der Waals surface area contributed by atoms with Crippen molar-refractivity contribution in [1.82, 2.24) is 14.8 Å². The molecule has 9 heteroatoms. The molecule has 4 aromatic rings. The highest BCUT2D eigenvalue weighted by Crippen LogP contribution is 2.24. The third-order valence-electron chi connectivity index (χ3n) is 4.93. The average Bonchev–Trinajstić information content (AvgIpc) is 3.27. The Bertz CT molecular complexity index is 1260. The largest absolute Gasteiger partial charge is 0.497 e. The quantitative estimate of drug-likeness (QED) is 0.340. The fourth-order valence-electron chi connectivity index (χ4n) is 3.14. The van der Waals surface area contributed by atoms with Gasteiger partial charge in [0, 0.05) is 11.4 Å². The number of amides is 1. The number of carbonyl (C=O) groups is 1. The van der Waals surface area contributed by atoms with Gasteiger partial charge in [-0.15, -0.1) is 10.2 Å². The van der Waals surface area contributed by atoms with Gasteiger partial charge >= 0.3 is 0 Å². The van der Waals surface area contributed by atoms with Crippen LogP contribution in [0.2, 0.25) is 0 Å². The Morgan fingerprint density at radius 3 is 2.47 bits per heavy atom. The van der Waals surface area contributed by atoms with Gasteiger partial charge in [0.1, 0.15) is 23.9 Å². The van der Waals surface area contributed by atoms with Crippen LogP contribution < -0.4 is 14.8 Å². The minimum Gasteiger partial charge on any atom is -0.497 e. The third-order valence-corrected chi connectivity index (χ3v) is 5.86. The van der Waals surface area contributed by atoms with E-state index in [1.54, 1.807) is 26.2 Å². The molecule has 0 saturated carbocycles. The predicted molar refractivity (Wildman–Crippen MR) is 129 cm³/mol. The molecule has 1 heterocycles. The molecular weight excluding hydrogens is 455 g/mol. The van der Waals surface area contributed by atoms with E-state index in [0.717, 1.165) is 11.4 Å². The van der Waals surface area contributed by atoms with Crippen LogP contribution in [0.3, 0.4) is 0 Å². The average molecular weight is 479 g/mol. The van der Waals surface area contributed by atoms with E-state index >= 15 is 0 Å². The monoisotopic (exact) mass is 478 g/mol. The molecule has 174 valence electrons. The van der Waals surface area contributed by atoms with Crippen molar-refractivity contribution in [3.8, 4) is 17.2 Å². The van der Waals surface area contributed by atoms with Crippen LogP contribution in [0.1, 0.15) is 11.4 Å². The topological polar surface area (TPSA) is 78.3 Å². The first-order valence-electron chi connectivity index (χ1n) is 10.5. The molecular formula is C25H23FN4O3S. The van der Waals surface area contributed by atoms with E-state index in [2.05, 4.69) is 15.5 Å². The molecule has 0 aliphatic carbocycles. The van der Waals surface area contributed by atoms with E-state index in [4.69, 9.17) is 9.47 Å². The number of anilines is 1. The van der Waals surface area contributed by atoms with E-state index in [0.29, 0.717) is 28.0 Å². The van der Waals surface area contributed by atoms with Gasteiger partial charge in [-0.25, -0.2) is 4.39 Å². The van der Waals surface area contributed by atoms with Crippen LogP contribution in [0.4, 0.5) is 10.1 Å². The van der Waals surface area contributed by atoms with E-state index in [1.165, 1.54) is 17.8 Å². The number of aryl methyl sites for hydroxylation is 1. The molecule has 4 rings (SSSR count). The van der Waals surface area contributed by atoms with E-state index < -0.39 is 0 Å². The first kappa shape index (κ1) is 23.3. The fraction of sp³-hybridized carbons (Fsp3) is 0.160. The Kier molecular flexibility index (Phi) is 7.44. The molecule has 0 aliphatic heterocycles. The molecule has 0 saturated heterocycles. The van der Waals surface area contributed by atoms with Crippen LogP contribution in [0.25, 0.3) is 5.69 Å². The van der Waals surface area contributed by atoms with Crippen LogP contribution in [-0.4, -0.2) is 33.5 Å². The summed E-state index contributed by atoms with van der Waals surface area (Å²) in [5.74, 6) is 1.44. The number of nitrogens with one attached hydrogen (secondary N) is 1. The van der Waals surface area contributed by atoms with Gasteiger partial charge in [0.2, 0.25) is 5.91 Å². The van der Waals surface area contributed by atoms with Gasteiger partial charge in [0.25, 0.3) is 0 Å². The Balaban J connectivity index is 1.47. The van der Waals surface area contributed by atoms with E-state index in [9.17, 15) is 9.18 Å². The zero-order valence-electron chi connectivity index (χ0n) is 18.7. The van der Waals surface area contributed by atoms with Gasteiger partial charge in [-0.05, 0) is 61.0 Å². The van der Waals surface area contributed by atoms with Crippen molar-refractivity contribution in [2.75, 3.05) is 18.2 Å². The Labute approximate surface area is 200 Å². The molecule has 0 atom stereocenters. The predicted octanol–water partition coefficient (Wildman–Crippen LogP) is 5.03. The summed E-state index contributed by atoms with van der Waals surface area (Å²) in [4.78, 5) is 12.5. The fourth-order valence-corrected chi connectivity index (χ4v) is 3.91. The lowest BCUT2D eigenvalue weighted by Crippen LogP contribution is -2.15. The molecule has 0 radical (unpaired) electrons. The number of rotatable bonds is 9. The van der Waals surface area contributed by atoms with Gasteiger partial charge in [0.15, 0.2) is 11.0 Å². The summed E-state index contributed by atoms with van der Waals surface area (Å²) in [7, 11) is 1.61. The zero-order valence-corrected chi connectivity index (χ0v) is 19.5. The van der Waals surface area contributed by atoms with Gasteiger partial charge < -0.3 is 14.8 Å². The molecule has 1 aromatic heterocycles. The second-order valence-electron chi connectivity index (χ2n) is 7.33. The number of para-hydroxylation sites is 1. The molecule has 0 aliphatic rings. The number of nitrogens with zero attached hydrogens (tertiary/aromatic N) is 3. The number of carbonyl (C=O) groups excluding carboxylic acids is 1. The standard InChI is InChI=1S/C25H23FN4O3S/c1-17-8-9-18(14-22(17)26)27-24(31)16-34-25-29-28-23(30(25)19-6-4-3-5-7-19)15-33-21-12-10-20(32-2)11-13-21/h3-14H,15-16H2,1-2H3,(H,27,31). The first-order valence-corrected chi connectivity index (χ1v) is 11.5. The minimum atomic E-state index is -0.365. The van der Waals surface area contributed by atoms with E-state index in [-0.39, 0.29) is 24.1 Å². The summed E-state index contributed by atoms with van der Waals surface area (Å²) >= 11 is 1.24. The van der Waals surface area contributed by atoms with Crippen molar-refractivity contribution in [3.05, 3.63) is 90.0 Å². The number of hydrogen-bond acceptors (Lipinski definition) is 6. The normalized spacial score (nSPS) is 10.7. The Morgan fingerprint density at radius 1 is 1.03 bits per heavy atom. The molecule has 1 N–H and O–H groups in total. The second kappa shape index (κ2) is 10.8. The number of thioether (sulfide) groups is 1. The summed E-state index contributed by atoms with van der Waals surface area (Å²) in [5.41, 5.74) is 1.78. The van der Waals surface area contributed by atoms with Crippen LogP contribution in [0, 0.1) is 12.7 Å². The lowest BCUT2D eigenvalue weighted by molar-refractivity contribution is -0.113. The highest BCUT2D eigenvalue weighted by Gasteiger charge is 2.17. The smallest absolute Gasteiger partial charge is 0.234 e. The number of aromatic nitrogens is 3. The maximum atomic E-state index is 13.8. The highest BCUT2D eigenvalue weighted by molar-refractivity contribution is 7.99. The number of ether oxygens (including phenoxy) is 2. The van der Waals surface area contributed by atoms with Crippen molar-refractivity contribution in [2.45, 2.75) is 18.7 Å². The summed E-state index contributed by atoms with van der Waals surface area (Å²) in [6.45, 7) is 1.85. The lowest BCUT2D eigenvalue weighted by atomic mass is 10.2.